The molecule has 3 heteroatoms. The maximum absolute atomic E-state index is 12.9. The number of rotatable bonds is 19. The van der Waals surface area contributed by atoms with Gasteiger partial charge in [-0.05, 0) is 338 Å². The van der Waals surface area contributed by atoms with Gasteiger partial charge in [-0.3, -0.25) is 0 Å². The van der Waals surface area contributed by atoms with Gasteiger partial charge in [0.15, 0.2) is 0 Å². The van der Waals surface area contributed by atoms with E-state index in [1.54, 1.807) is 12.1 Å². The molecule has 0 atom stereocenters. The molecule has 0 N–H and O–H groups in total. The molecule has 0 saturated carbocycles. The average molecular weight is 1780 g/mol. The third-order valence-electron chi connectivity index (χ3n) is 25.2. The number of halogens is 3. The van der Waals surface area contributed by atoms with E-state index in [1.165, 1.54) is 186 Å². The Labute approximate surface area is 804 Å². The van der Waals surface area contributed by atoms with E-state index in [-0.39, 0.29) is 6.42 Å². The Morgan fingerprint density at radius 1 is 0.195 bits per heavy atom. The summed E-state index contributed by atoms with van der Waals surface area (Å²) in [7, 11) is 0. The van der Waals surface area contributed by atoms with Crippen molar-refractivity contribution in [3.05, 3.63) is 415 Å². The molecule has 0 heterocycles. The van der Waals surface area contributed by atoms with Gasteiger partial charge in [0, 0.05) is 0 Å². The van der Waals surface area contributed by atoms with Crippen molar-refractivity contribution in [1.82, 2.24) is 0 Å². The lowest BCUT2D eigenvalue weighted by molar-refractivity contribution is -0.211. The van der Waals surface area contributed by atoms with E-state index in [0.29, 0.717) is 46.0 Å². The monoisotopic (exact) mass is 1780 g/mol. The van der Waals surface area contributed by atoms with Crippen LogP contribution in [0, 0.1) is 104 Å². The van der Waals surface area contributed by atoms with Crippen molar-refractivity contribution in [2.45, 2.75) is 277 Å². The first-order chi connectivity index (χ1) is 62.5. The van der Waals surface area contributed by atoms with Gasteiger partial charge in [0.05, 0.1) is 5.41 Å². The van der Waals surface area contributed by atoms with E-state index in [9.17, 15) is 13.2 Å². The molecule has 0 spiro atoms. The zero-order chi connectivity index (χ0) is 98.0. The molecular formula is C130H159F3. The summed E-state index contributed by atoms with van der Waals surface area (Å²) in [6, 6.07) is 109. The molecule has 0 aliphatic rings. The summed E-state index contributed by atoms with van der Waals surface area (Å²) in [5.41, 5.74) is 43.8. The fourth-order valence-electron chi connectivity index (χ4n) is 16.8. The summed E-state index contributed by atoms with van der Waals surface area (Å²) in [5, 5.41) is 0. The Balaban J connectivity index is 0.000000191. The SMILES string of the molecule is Cc1ccc(-c2ccc(C)c(C(C)C)c2)cc1.Cc1ccc(-c2ccc(CC(C)(C)C(F)(F)F)cc2)cc1C.Cc1ccc(-c2ccc(CC(C)(C)C)cc2)cc1C.Cc1ccc(-c2ccc(CC(C)(C)C)cc2)cc1C(C)C.Cc1ccc(-c2ccc(CC(C)C)cc2)cc1C.Cc1ccc(-c2ccc(CC(C)C)cc2)cc1C(C)C.Cc1ccc(-c2ccccc2)cc1C(C)C. The standard InChI is InChI=1S/C21H28.C20H26.C19H21F3.C19H24.C18H22.C17H20.C16H18/c1-15(2)20-13-19(10-7-16(20)3)18-11-8-17(9-12-18)14-21(4,5)6;1-14(2)12-17-7-10-18(11-8-17)19-9-6-16(5)20(13-19)15(3)4;1-13-5-8-17(11-14(13)2)16-9-6-15(7-10-16)12-18(3,4)19(20,21)22;1-14-6-9-18(12-15(14)2)17-10-7-16(8-11-17)13-19(3,4)5;1-13(2)11-16-6-9-17(10-7-16)18-8-5-14(3)15(4)12-18;1-12(2)17-11-16(10-7-14(17)4)15-8-5-13(3)6-9-15;1-12(2)16-11-15(10-9-13(16)3)14-7-5-4-6-8-14/h7-13,15H,14H2,1-6H3;6-11,13-15H,12H2,1-5H3;5-11H,12H2,1-4H3;6-12H,13H2,1-5H3;5-10,12-13H,11H2,1-4H3;5-12H,1-4H3;4-12H,1-3H3. The number of aryl methyl sites for hydroxylation is 11. The maximum atomic E-state index is 12.9. The molecule has 0 aliphatic heterocycles. The summed E-state index contributed by atoms with van der Waals surface area (Å²) < 4.78 is 38.8. The molecule has 0 amide bonds. The molecule has 0 unspecified atom stereocenters. The van der Waals surface area contributed by atoms with Gasteiger partial charge >= 0.3 is 6.18 Å². The summed E-state index contributed by atoms with van der Waals surface area (Å²) in [6.07, 6.45) is 0.362. The molecule has 14 aromatic carbocycles. The topological polar surface area (TPSA) is 0 Å². The smallest absolute Gasteiger partial charge is 0.171 e. The van der Waals surface area contributed by atoms with Crippen molar-refractivity contribution in [1.29, 1.82) is 0 Å². The fourth-order valence-corrected chi connectivity index (χ4v) is 16.8. The Morgan fingerprint density at radius 3 is 0.602 bits per heavy atom. The lowest BCUT2D eigenvalue weighted by Gasteiger charge is -2.27. The molecule has 0 aliphatic carbocycles. The third-order valence-corrected chi connectivity index (χ3v) is 25.2. The molecule has 14 aromatic rings. The van der Waals surface area contributed by atoms with Gasteiger partial charge in [-0.25, -0.2) is 0 Å². The van der Waals surface area contributed by atoms with Gasteiger partial charge in [-0.15, -0.1) is 0 Å². The molecule has 0 aromatic heterocycles. The minimum absolute atomic E-state index is 0.0102. The van der Waals surface area contributed by atoms with Crippen molar-refractivity contribution < 1.29 is 13.2 Å². The molecule has 0 radical (unpaired) electrons. The largest absolute Gasteiger partial charge is 0.394 e. The van der Waals surface area contributed by atoms with E-state index >= 15 is 0 Å². The minimum atomic E-state index is -4.19. The number of benzene rings is 14. The van der Waals surface area contributed by atoms with Gasteiger partial charge in [0.1, 0.15) is 0 Å². The first kappa shape index (κ1) is 107. The van der Waals surface area contributed by atoms with Crippen molar-refractivity contribution in [2.75, 3.05) is 0 Å². The third kappa shape index (κ3) is 34.1. The molecule has 0 nitrogen and oxygen atoms in total. The highest BCUT2D eigenvalue weighted by molar-refractivity contribution is 5.71. The van der Waals surface area contributed by atoms with Crippen LogP contribution in [0.3, 0.4) is 0 Å². The highest BCUT2D eigenvalue weighted by Gasteiger charge is 2.47. The first-order valence-corrected chi connectivity index (χ1v) is 48.8. The quantitative estimate of drug-likeness (QED) is 0.0757. The second-order valence-corrected chi connectivity index (χ2v) is 42.7. The predicted octanol–water partition coefficient (Wildman–Crippen LogP) is 39.1. The molecule has 133 heavy (non-hydrogen) atoms. The van der Waals surface area contributed by atoms with Gasteiger partial charge in [0.2, 0.25) is 0 Å². The molecular weight excluding hydrogens is 1620 g/mol. The van der Waals surface area contributed by atoms with Gasteiger partial charge in [-0.2, -0.15) is 13.2 Å². The van der Waals surface area contributed by atoms with Crippen LogP contribution in [-0.4, -0.2) is 6.18 Å². The summed E-state index contributed by atoms with van der Waals surface area (Å²) in [6.45, 7) is 67.0. The first-order valence-electron chi connectivity index (χ1n) is 48.8. The van der Waals surface area contributed by atoms with Crippen LogP contribution in [0.1, 0.15) is 273 Å². The van der Waals surface area contributed by atoms with Crippen molar-refractivity contribution >= 4 is 0 Å². The Morgan fingerprint density at radius 2 is 0.391 bits per heavy atom. The van der Waals surface area contributed by atoms with Crippen LogP contribution in [0.15, 0.2) is 303 Å². The lowest BCUT2D eigenvalue weighted by atomic mass is 9.84. The molecule has 0 fully saturated rings. The van der Waals surface area contributed by atoms with E-state index in [1.807, 2.05) is 18.2 Å². The van der Waals surface area contributed by atoms with Crippen molar-refractivity contribution in [3.8, 4) is 77.9 Å². The minimum Gasteiger partial charge on any atom is -0.171 e. The van der Waals surface area contributed by atoms with Gasteiger partial charge in [-0.1, -0.05) is 447 Å². The van der Waals surface area contributed by atoms with E-state index in [4.69, 9.17) is 0 Å². The zero-order valence-electron chi connectivity index (χ0n) is 87.0. The fraction of sp³-hybridized carbons (Fsp3) is 0.354. The lowest BCUT2D eigenvalue weighted by Crippen LogP contribution is -2.34. The van der Waals surface area contributed by atoms with Crippen LogP contribution in [0.25, 0.3) is 77.9 Å². The predicted molar refractivity (Wildman–Crippen MR) is 579 cm³/mol. The summed E-state index contributed by atoms with van der Waals surface area (Å²) >= 11 is 0. The Hall–Kier alpha value is -11.1. The van der Waals surface area contributed by atoms with E-state index in [2.05, 4.69) is 474 Å². The van der Waals surface area contributed by atoms with Crippen LogP contribution in [0.5, 0.6) is 0 Å². The molecule has 700 valence electrons. The molecule has 0 bridgehead atoms. The number of alkyl halides is 3. The number of hydrogen-bond donors (Lipinski definition) is 0. The molecule has 14 rings (SSSR count). The van der Waals surface area contributed by atoms with E-state index in [0.717, 1.165) is 42.7 Å². The van der Waals surface area contributed by atoms with Crippen LogP contribution in [-0.2, 0) is 32.1 Å². The van der Waals surface area contributed by atoms with Crippen molar-refractivity contribution in [3.63, 3.8) is 0 Å². The second-order valence-electron chi connectivity index (χ2n) is 42.7. The van der Waals surface area contributed by atoms with E-state index < -0.39 is 11.6 Å². The second kappa shape index (κ2) is 49.2. The summed E-state index contributed by atoms with van der Waals surface area (Å²) in [5.74, 6) is 3.76. The van der Waals surface area contributed by atoms with Crippen molar-refractivity contribution in [2.24, 2.45) is 28.1 Å². The zero-order valence-corrected chi connectivity index (χ0v) is 87.0. The Bertz CT molecular complexity index is 5930. The van der Waals surface area contributed by atoms with Crippen LogP contribution >= 0.6 is 0 Å². The van der Waals surface area contributed by atoms with Crippen LogP contribution in [0.2, 0.25) is 0 Å². The normalized spacial score (nSPS) is 11.5. The average Bonchev–Trinajstić information content (AvgIpc) is 0.805. The highest BCUT2D eigenvalue weighted by Crippen LogP contribution is 2.41. The molecule has 0 saturated heterocycles. The Kier molecular flexibility index (Phi) is 39.7. The maximum Gasteiger partial charge on any atom is 0.394 e. The van der Waals surface area contributed by atoms with Gasteiger partial charge < -0.3 is 0 Å². The van der Waals surface area contributed by atoms with Crippen LogP contribution in [0.4, 0.5) is 13.2 Å². The number of hydrogen-bond acceptors (Lipinski definition) is 0. The van der Waals surface area contributed by atoms with Crippen LogP contribution < -0.4 is 0 Å². The van der Waals surface area contributed by atoms with Gasteiger partial charge in [0.25, 0.3) is 0 Å². The summed E-state index contributed by atoms with van der Waals surface area (Å²) in [4.78, 5) is 0. The highest BCUT2D eigenvalue weighted by atomic mass is 19.4.